The maximum atomic E-state index is 11.3. The lowest BCUT2D eigenvalue weighted by molar-refractivity contribution is 0.111. The van der Waals surface area contributed by atoms with Crippen LogP contribution in [0.25, 0.3) is 0 Å². The number of allylic oxidation sites excluding steroid dienone is 2. The van der Waals surface area contributed by atoms with E-state index in [9.17, 15) is 4.79 Å². The van der Waals surface area contributed by atoms with Gasteiger partial charge in [-0.05, 0) is 49.0 Å². The second-order valence-electron chi connectivity index (χ2n) is 7.70. The average molecular weight is 310 g/mol. The number of fused-ring (bicyclic) bond motifs is 2. The molecule has 3 atom stereocenters. The van der Waals surface area contributed by atoms with Gasteiger partial charge < -0.3 is 10.6 Å². The molecule has 1 heterocycles. The predicted octanol–water partition coefficient (Wildman–Crippen LogP) is 2.96. The van der Waals surface area contributed by atoms with Crippen molar-refractivity contribution in [1.82, 2.24) is 4.90 Å². The molecular formula is C20H26N2O. The predicted molar refractivity (Wildman–Crippen MR) is 92.2 cm³/mol. The van der Waals surface area contributed by atoms with Gasteiger partial charge in [0.15, 0.2) is 0 Å². The average Bonchev–Trinajstić information content (AvgIpc) is 3.20. The molecule has 0 radical (unpaired) electrons. The Morgan fingerprint density at radius 1 is 1.17 bits per heavy atom. The molecule has 122 valence electrons. The highest BCUT2D eigenvalue weighted by Gasteiger charge is 2.39. The smallest absolute Gasteiger partial charge is 0.150 e. The van der Waals surface area contributed by atoms with E-state index in [1.165, 1.54) is 19.4 Å². The maximum absolute atomic E-state index is 11.3. The van der Waals surface area contributed by atoms with Gasteiger partial charge in [-0.1, -0.05) is 36.4 Å². The number of rotatable bonds is 4. The van der Waals surface area contributed by atoms with E-state index in [2.05, 4.69) is 17.1 Å². The summed E-state index contributed by atoms with van der Waals surface area (Å²) in [7, 11) is 0. The van der Waals surface area contributed by atoms with Crippen molar-refractivity contribution in [2.24, 2.45) is 23.5 Å². The molecule has 0 spiro atoms. The third kappa shape index (κ3) is 2.77. The van der Waals surface area contributed by atoms with E-state index in [4.69, 9.17) is 5.73 Å². The number of piperidine rings is 1. The third-order valence-corrected chi connectivity index (χ3v) is 6.28. The number of benzene rings is 1. The Bertz CT molecular complexity index is 616. The third-order valence-electron chi connectivity index (χ3n) is 6.28. The van der Waals surface area contributed by atoms with Crippen molar-refractivity contribution in [2.75, 3.05) is 19.6 Å². The minimum absolute atomic E-state index is 0.345. The number of aldehydes is 1. The Kier molecular flexibility index (Phi) is 3.86. The lowest BCUT2D eigenvalue weighted by Crippen LogP contribution is -2.49. The van der Waals surface area contributed by atoms with Gasteiger partial charge in [-0.3, -0.25) is 4.79 Å². The van der Waals surface area contributed by atoms with Crippen LogP contribution in [-0.4, -0.2) is 30.8 Å². The van der Waals surface area contributed by atoms with Crippen molar-refractivity contribution in [3.8, 4) is 0 Å². The van der Waals surface area contributed by atoms with E-state index < -0.39 is 0 Å². The first-order chi connectivity index (χ1) is 11.2. The Balaban J connectivity index is 1.40. The molecule has 2 N–H and O–H groups in total. The van der Waals surface area contributed by atoms with Gasteiger partial charge >= 0.3 is 0 Å². The molecule has 1 aromatic carbocycles. The van der Waals surface area contributed by atoms with Crippen molar-refractivity contribution in [2.45, 2.75) is 31.2 Å². The van der Waals surface area contributed by atoms with Crippen molar-refractivity contribution < 1.29 is 4.79 Å². The van der Waals surface area contributed by atoms with E-state index in [1.54, 1.807) is 0 Å². The Labute approximate surface area is 138 Å². The number of carbonyl (C=O) groups is 1. The fraction of sp³-hybridized carbons (Fsp3) is 0.550. The van der Waals surface area contributed by atoms with Crippen LogP contribution in [0.1, 0.15) is 41.6 Å². The first-order valence-electron chi connectivity index (χ1n) is 8.92. The van der Waals surface area contributed by atoms with Gasteiger partial charge in [0.25, 0.3) is 0 Å². The van der Waals surface area contributed by atoms with Crippen LogP contribution in [0.2, 0.25) is 0 Å². The number of likely N-dealkylation sites (tertiary alicyclic amines) is 1. The van der Waals surface area contributed by atoms with Crippen molar-refractivity contribution in [3.63, 3.8) is 0 Å². The zero-order chi connectivity index (χ0) is 15.9. The number of hydrogen-bond acceptors (Lipinski definition) is 3. The normalized spacial score (nSPS) is 32.3. The van der Waals surface area contributed by atoms with Crippen molar-refractivity contribution >= 4 is 6.29 Å². The molecule has 3 heteroatoms. The molecule has 3 nitrogen and oxygen atoms in total. The van der Waals surface area contributed by atoms with Crippen LogP contribution in [0, 0.1) is 17.8 Å². The quantitative estimate of drug-likeness (QED) is 0.687. The number of nitrogens with zero attached hydrogens (tertiary/aromatic N) is 1. The standard InChI is InChI=1S/C20H26N2O/c21-20(19-4-2-1-3-17(19)14-23)7-9-22(10-8-20)13-18-12-15-5-6-16(18)11-15/h1-6,14-16,18H,7-13,21H2. The molecular weight excluding hydrogens is 284 g/mol. The summed E-state index contributed by atoms with van der Waals surface area (Å²) in [4.78, 5) is 13.9. The number of carbonyl (C=O) groups excluding carboxylic acids is 1. The second-order valence-corrected chi connectivity index (χ2v) is 7.70. The molecule has 1 saturated heterocycles. The molecule has 2 bridgehead atoms. The van der Waals surface area contributed by atoms with Gasteiger partial charge in [-0.2, -0.15) is 0 Å². The van der Waals surface area contributed by atoms with Gasteiger partial charge in [0.05, 0.1) is 0 Å². The van der Waals surface area contributed by atoms with E-state index in [0.717, 1.165) is 61.1 Å². The van der Waals surface area contributed by atoms with E-state index in [-0.39, 0.29) is 5.54 Å². The SMILES string of the molecule is NC1(c2ccccc2C=O)CCN(CC2CC3C=CC2C3)CC1. The lowest BCUT2D eigenvalue weighted by Gasteiger charge is -2.41. The van der Waals surface area contributed by atoms with Crippen LogP contribution < -0.4 is 5.73 Å². The van der Waals surface area contributed by atoms with Crippen LogP contribution in [0.3, 0.4) is 0 Å². The molecule has 0 aromatic heterocycles. The second kappa shape index (κ2) is 5.88. The van der Waals surface area contributed by atoms with Crippen molar-refractivity contribution in [1.29, 1.82) is 0 Å². The minimum Gasteiger partial charge on any atom is -0.321 e. The summed E-state index contributed by atoms with van der Waals surface area (Å²) in [6, 6.07) is 7.81. The van der Waals surface area contributed by atoms with E-state index in [1.807, 2.05) is 24.3 Å². The van der Waals surface area contributed by atoms with Crippen LogP contribution in [-0.2, 0) is 5.54 Å². The fourth-order valence-corrected chi connectivity index (χ4v) is 4.89. The monoisotopic (exact) mass is 310 g/mol. The summed E-state index contributed by atoms with van der Waals surface area (Å²) in [5, 5.41) is 0. The van der Waals surface area contributed by atoms with E-state index >= 15 is 0 Å². The zero-order valence-corrected chi connectivity index (χ0v) is 13.7. The number of hydrogen-bond donors (Lipinski definition) is 1. The van der Waals surface area contributed by atoms with Gasteiger partial charge in [0, 0.05) is 30.7 Å². The Morgan fingerprint density at radius 2 is 1.96 bits per heavy atom. The molecule has 1 aromatic rings. The van der Waals surface area contributed by atoms with Crippen LogP contribution in [0.4, 0.5) is 0 Å². The van der Waals surface area contributed by atoms with Crippen LogP contribution in [0.5, 0.6) is 0 Å². The first kappa shape index (κ1) is 15.1. The molecule has 0 amide bonds. The molecule has 23 heavy (non-hydrogen) atoms. The van der Waals surface area contributed by atoms with Gasteiger partial charge in [-0.15, -0.1) is 0 Å². The summed E-state index contributed by atoms with van der Waals surface area (Å²) in [6.45, 7) is 3.31. The maximum Gasteiger partial charge on any atom is 0.150 e. The topological polar surface area (TPSA) is 46.3 Å². The van der Waals surface area contributed by atoms with Crippen molar-refractivity contribution in [3.05, 3.63) is 47.5 Å². The van der Waals surface area contributed by atoms with Crippen LogP contribution >= 0.6 is 0 Å². The largest absolute Gasteiger partial charge is 0.321 e. The summed E-state index contributed by atoms with van der Waals surface area (Å²) < 4.78 is 0. The van der Waals surface area contributed by atoms with Gasteiger partial charge in [-0.25, -0.2) is 0 Å². The molecule has 3 unspecified atom stereocenters. The molecule has 1 saturated carbocycles. The summed E-state index contributed by atoms with van der Waals surface area (Å²) >= 11 is 0. The van der Waals surface area contributed by atoms with Gasteiger partial charge in [0.2, 0.25) is 0 Å². The molecule has 2 aliphatic carbocycles. The highest BCUT2D eigenvalue weighted by molar-refractivity contribution is 5.78. The summed E-state index contributed by atoms with van der Waals surface area (Å²) in [6.07, 6.45) is 10.4. The van der Waals surface area contributed by atoms with Gasteiger partial charge in [0.1, 0.15) is 6.29 Å². The molecule has 4 rings (SSSR count). The molecule has 3 aliphatic rings. The fourth-order valence-electron chi connectivity index (χ4n) is 4.89. The van der Waals surface area contributed by atoms with E-state index in [0.29, 0.717) is 0 Å². The highest BCUT2D eigenvalue weighted by Crippen LogP contribution is 2.44. The Hall–Kier alpha value is -1.45. The first-order valence-corrected chi connectivity index (χ1v) is 8.92. The Morgan fingerprint density at radius 3 is 2.61 bits per heavy atom. The number of nitrogens with two attached hydrogens (primary N) is 1. The van der Waals surface area contributed by atoms with Crippen LogP contribution in [0.15, 0.2) is 36.4 Å². The molecule has 1 aliphatic heterocycles. The summed E-state index contributed by atoms with van der Waals surface area (Å²) in [5.74, 6) is 2.51. The summed E-state index contributed by atoms with van der Waals surface area (Å²) in [5.41, 5.74) is 8.12. The highest BCUT2D eigenvalue weighted by atomic mass is 16.1. The zero-order valence-electron chi connectivity index (χ0n) is 13.7. The lowest BCUT2D eigenvalue weighted by atomic mass is 9.79. The minimum atomic E-state index is -0.345. The molecule has 2 fully saturated rings.